The van der Waals surface area contributed by atoms with Crippen molar-refractivity contribution in [3.05, 3.63) is 40.7 Å². The molecule has 6 heteroatoms. The fourth-order valence-electron chi connectivity index (χ4n) is 2.24. The molecular weight excluding hydrogens is 249 g/mol. The average Bonchev–Trinajstić information content (AvgIpc) is 2.44. The number of hydrogen-bond donors (Lipinski definition) is 1. The summed E-state index contributed by atoms with van der Waals surface area (Å²) in [7, 11) is 0. The van der Waals surface area contributed by atoms with Gasteiger partial charge in [-0.15, -0.1) is 0 Å². The molecule has 0 spiro atoms. The largest absolute Gasteiger partial charge is 0.374 e. The third kappa shape index (κ3) is 2.36. The SMILES string of the molecule is O=c1c2cccc(F)c2ncn1C[C@H]1CNCCO1. The first-order chi connectivity index (χ1) is 9.25. The topological polar surface area (TPSA) is 56.2 Å². The monoisotopic (exact) mass is 263 g/mol. The van der Waals surface area contributed by atoms with Crippen LogP contribution in [0.1, 0.15) is 0 Å². The first-order valence-corrected chi connectivity index (χ1v) is 6.21. The summed E-state index contributed by atoms with van der Waals surface area (Å²) >= 11 is 0. The zero-order valence-electron chi connectivity index (χ0n) is 10.3. The van der Waals surface area contributed by atoms with Gasteiger partial charge in [0, 0.05) is 13.1 Å². The lowest BCUT2D eigenvalue weighted by Gasteiger charge is -2.24. The minimum atomic E-state index is -0.475. The van der Waals surface area contributed by atoms with Crippen molar-refractivity contribution in [2.75, 3.05) is 19.7 Å². The minimum Gasteiger partial charge on any atom is -0.374 e. The fraction of sp³-hybridized carbons (Fsp3) is 0.385. The van der Waals surface area contributed by atoms with Gasteiger partial charge < -0.3 is 10.1 Å². The summed E-state index contributed by atoms with van der Waals surface area (Å²) < 4.78 is 20.5. The number of aromatic nitrogens is 2. The van der Waals surface area contributed by atoms with Crippen LogP contribution in [-0.4, -0.2) is 35.4 Å². The number of fused-ring (bicyclic) bond motifs is 1. The quantitative estimate of drug-likeness (QED) is 0.858. The molecule has 2 heterocycles. The summed E-state index contributed by atoms with van der Waals surface area (Å²) in [4.78, 5) is 16.3. The van der Waals surface area contributed by atoms with Gasteiger partial charge in [-0.25, -0.2) is 9.37 Å². The van der Waals surface area contributed by atoms with Gasteiger partial charge in [-0.1, -0.05) is 6.07 Å². The van der Waals surface area contributed by atoms with Gasteiger partial charge in [0.1, 0.15) is 11.3 Å². The number of ether oxygens (including phenoxy) is 1. The molecule has 0 bridgehead atoms. The lowest BCUT2D eigenvalue weighted by Crippen LogP contribution is -2.42. The second-order valence-electron chi connectivity index (χ2n) is 4.54. The van der Waals surface area contributed by atoms with Crippen LogP contribution in [0.3, 0.4) is 0 Å². The highest BCUT2D eigenvalue weighted by Gasteiger charge is 2.15. The summed E-state index contributed by atoms with van der Waals surface area (Å²) in [6, 6.07) is 4.40. The van der Waals surface area contributed by atoms with Crippen molar-refractivity contribution in [2.24, 2.45) is 0 Å². The third-order valence-corrected chi connectivity index (χ3v) is 3.21. The van der Waals surface area contributed by atoms with Gasteiger partial charge in [-0.3, -0.25) is 9.36 Å². The van der Waals surface area contributed by atoms with Crippen molar-refractivity contribution in [3.63, 3.8) is 0 Å². The van der Waals surface area contributed by atoms with Crippen molar-refractivity contribution in [3.8, 4) is 0 Å². The zero-order valence-corrected chi connectivity index (χ0v) is 10.3. The number of hydrogen-bond acceptors (Lipinski definition) is 4. The van der Waals surface area contributed by atoms with E-state index in [1.807, 2.05) is 0 Å². The van der Waals surface area contributed by atoms with E-state index in [0.717, 1.165) is 6.54 Å². The highest BCUT2D eigenvalue weighted by molar-refractivity contribution is 5.77. The van der Waals surface area contributed by atoms with Crippen LogP contribution in [0, 0.1) is 5.82 Å². The van der Waals surface area contributed by atoms with E-state index >= 15 is 0 Å². The third-order valence-electron chi connectivity index (χ3n) is 3.21. The molecule has 19 heavy (non-hydrogen) atoms. The standard InChI is InChI=1S/C13H14FN3O2/c14-11-3-1-2-10-12(11)16-8-17(13(10)18)7-9-6-15-4-5-19-9/h1-3,8-9,15H,4-7H2/t9-/m1/s1. The van der Waals surface area contributed by atoms with Crippen molar-refractivity contribution in [1.82, 2.24) is 14.9 Å². The van der Waals surface area contributed by atoms with Crippen LogP contribution in [0.4, 0.5) is 4.39 Å². The maximum atomic E-state index is 13.5. The Morgan fingerprint density at radius 1 is 1.53 bits per heavy atom. The minimum absolute atomic E-state index is 0.0562. The van der Waals surface area contributed by atoms with E-state index in [4.69, 9.17) is 4.74 Å². The average molecular weight is 263 g/mol. The number of nitrogens with one attached hydrogen (secondary N) is 1. The highest BCUT2D eigenvalue weighted by Crippen LogP contribution is 2.11. The van der Waals surface area contributed by atoms with Gasteiger partial charge in [0.05, 0.1) is 31.0 Å². The van der Waals surface area contributed by atoms with E-state index in [0.29, 0.717) is 25.1 Å². The number of para-hydroxylation sites is 1. The Kier molecular flexibility index (Phi) is 3.27. The van der Waals surface area contributed by atoms with E-state index in [-0.39, 0.29) is 17.2 Å². The first-order valence-electron chi connectivity index (χ1n) is 6.21. The van der Waals surface area contributed by atoms with Crippen molar-refractivity contribution in [2.45, 2.75) is 12.6 Å². The smallest absolute Gasteiger partial charge is 0.261 e. The number of benzene rings is 1. The van der Waals surface area contributed by atoms with Crippen LogP contribution in [0.15, 0.2) is 29.3 Å². The molecule has 1 N–H and O–H groups in total. The van der Waals surface area contributed by atoms with Crippen LogP contribution < -0.4 is 10.9 Å². The van der Waals surface area contributed by atoms with Crippen molar-refractivity contribution in [1.29, 1.82) is 0 Å². The normalized spacial score (nSPS) is 19.7. The molecule has 1 aliphatic rings. The number of halogens is 1. The molecule has 1 aromatic carbocycles. The Bertz CT molecular complexity index is 650. The molecule has 0 aliphatic carbocycles. The molecule has 3 rings (SSSR count). The first kappa shape index (κ1) is 12.3. The van der Waals surface area contributed by atoms with Crippen LogP contribution in [0.2, 0.25) is 0 Å². The highest BCUT2D eigenvalue weighted by atomic mass is 19.1. The zero-order chi connectivity index (χ0) is 13.2. The van der Waals surface area contributed by atoms with Crippen molar-refractivity contribution >= 4 is 10.9 Å². The Morgan fingerprint density at radius 3 is 3.21 bits per heavy atom. The Morgan fingerprint density at radius 2 is 2.42 bits per heavy atom. The molecule has 5 nitrogen and oxygen atoms in total. The van der Waals surface area contributed by atoms with Crippen LogP contribution in [0.5, 0.6) is 0 Å². The van der Waals surface area contributed by atoms with E-state index < -0.39 is 5.82 Å². The van der Waals surface area contributed by atoms with Gasteiger partial charge in [-0.2, -0.15) is 0 Å². The number of morpholine rings is 1. The van der Waals surface area contributed by atoms with E-state index in [9.17, 15) is 9.18 Å². The molecule has 0 amide bonds. The number of rotatable bonds is 2. The molecule has 2 aromatic rings. The summed E-state index contributed by atoms with van der Waals surface area (Å²) in [5.74, 6) is -0.475. The summed E-state index contributed by atoms with van der Waals surface area (Å²) in [5, 5.41) is 3.50. The fourth-order valence-corrected chi connectivity index (χ4v) is 2.24. The maximum Gasteiger partial charge on any atom is 0.261 e. The molecule has 0 saturated carbocycles. The predicted molar refractivity (Wildman–Crippen MR) is 68.6 cm³/mol. The molecule has 1 atom stereocenters. The van der Waals surface area contributed by atoms with E-state index in [1.165, 1.54) is 23.0 Å². The molecule has 100 valence electrons. The van der Waals surface area contributed by atoms with E-state index in [2.05, 4.69) is 10.3 Å². The van der Waals surface area contributed by atoms with Crippen LogP contribution in [0.25, 0.3) is 10.9 Å². The van der Waals surface area contributed by atoms with Gasteiger partial charge in [0.15, 0.2) is 0 Å². The van der Waals surface area contributed by atoms with Gasteiger partial charge in [-0.05, 0) is 12.1 Å². The van der Waals surface area contributed by atoms with Crippen LogP contribution in [-0.2, 0) is 11.3 Å². The second kappa shape index (κ2) is 5.07. The van der Waals surface area contributed by atoms with Gasteiger partial charge >= 0.3 is 0 Å². The molecular formula is C13H14FN3O2. The van der Waals surface area contributed by atoms with Gasteiger partial charge in [0.2, 0.25) is 0 Å². The predicted octanol–water partition coefficient (Wildman–Crippen LogP) is 0.524. The van der Waals surface area contributed by atoms with Crippen molar-refractivity contribution < 1.29 is 9.13 Å². The summed E-state index contributed by atoms with van der Waals surface area (Å²) in [6.45, 7) is 2.58. The lowest BCUT2D eigenvalue weighted by atomic mass is 10.2. The maximum absolute atomic E-state index is 13.5. The molecule has 1 aromatic heterocycles. The summed E-state index contributed by atoms with van der Waals surface area (Å²) in [5.41, 5.74) is -0.120. The van der Waals surface area contributed by atoms with Gasteiger partial charge in [0.25, 0.3) is 5.56 Å². The molecule has 0 radical (unpaired) electrons. The van der Waals surface area contributed by atoms with Crippen LogP contribution >= 0.6 is 0 Å². The second-order valence-corrected chi connectivity index (χ2v) is 4.54. The molecule has 1 saturated heterocycles. The Labute approximate surface area is 109 Å². The molecule has 1 fully saturated rings. The Balaban J connectivity index is 1.96. The Hall–Kier alpha value is -1.79. The molecule has 1 aliphatic heterocycles. The lowest BCUT2D eigenvalue weighted by molar-refractivity contribution is 0.0175. The number of nitrogens with zero attached hydrogens (tertiary/aromatic N) is 2. The van der Waals surface area contributed by atoms with E-state index in [1.54, 1.807) is 6.07 Å². The molecule has 0 unspecified atom stereocenters. The summed E-state index contributed by atoms with van der Waals surface area (Å²) in [6.07, 6.45) is 1.32.